The van der Waals surface area contributed by atoms with Crippen molar-refractivity contribution in [2.24, 2.45) is 0 Å². The Kier molecular flexibility index (Phi) is 4.24. The summed E-state index contributed by atoms with van der Waals surface area (Å²) in [4.78, 5) is 9.65. The molecule has 0 saturated heterocycles. The number of hydrogen-bond donors (Lipinski definition) is 1. The van der Waals surface area contributed by atoms with Gasteiger partial charge in [-0.05, 0) is 11.6 Å². The number of alkyl halides is 2. The van der Waals surface area contributed by atoms with Crippen molar-refractivity contribution in [3.8, 4) is 0 Å². The van der Waals surface area contributed by atoms with Crippen LogP contribution in [0.1, 0.15) is 5.56 Å². The molecule has 1 N–H and O–H groups in total. The van der Waals surface area contributed by atoms with E-state index in [4.69, 9.17) is 0 Å². The van der Waals surface area contributed by atoms with Crippen molar-refractivity contribution >= 4 is 5.69 Å². The molecule has 1 aromatic carbocycles. The minimum absolute atomic E-state index is 0.0388. The van der Waals surface area contributed by atoms with E-state index >= 15 is 0 Å². The Morgan fingerprint density at radius 1 is 1.38 bits per heavy atom. The van der Waals surface area contributed by atoms with Crippen molar-refractivity contribution in [1.82, 2.24) is 5.32 Å². The molecule has 0 aliphatic rings. The maximum atomic E-state index is 12.9. The molecule has 0 fully saturated rings. The molecule has 0 spiro atoms. The van der Waals surface area contributed by atoms with E-state index in [2.05, 4.69) is 5.32 Å². The van der Waals surface area contributed by atoms with Gasteiger partial charge in [0.05, 0.1) is 17.5 Å². The normalized spacial score (nSPS) is 10.8. The van der Waals surface area contributed by atoms with Gasteiger partial charge >= 0.3 is 0 Å². The number of hydrogen-bond acceptors (Lipinski definition) is 3. The summed E-state index contributed by atoms with van der Waals surface area (Å²) in [6, 6.07) is 2.98. The minimum Gasteiger partial charge on any atom is -0.307 e. The fourth-order valence-electron chi connectivity index (χ4n) is 1.17. The Labute approximate surface area is 89.2 Å². The summed E-state index contributed by atoms with van der Waals surface area (Å²) in [6.45, 7) is -0.576. The molecule has 0 heterocycles. The van der Waals surface area contributed by atoms with Crippen LogP contribution in [0.15, 0.2) is 18.2 Å². The molecule has 0 aliphatic carbocycles. The van der Waals surface area contributed by atoms with E-state index in [-0.39, 0.29) is 12.1 Å². The average molecular weight is 234 g/mol. The van der Waals surface area contributed by atoms with Gasteiger partial charge in [0.1, 0.15) is 5.82 Å². The summed E-state index contributed by atoms with van der Waals surface area (Å²) in [7, 11) is 0. The van der Waals surface area contributed by atoms with Crippen LogP contribution in [0.5, 0.6) is 0 Å². The van der Waals surface area contributed by atoms with E-state index in [1.165, 1.54) is 0 Å². The molecule has 0 aromatic heterocycles. The summed E-state index contributed by atoms with van der Waals surface area (Å²) in [5.41, 5.74) is -0.138. The summed E-state index contributed by atoms with van der Waals surface area (Å²) >= 11 is 0. The maximum absolute atomic E-state index is 12.9. The molecule has 0 atom stereocenters. The fraction of sp³-hybridized carbons (Fsp3) is 0.333. The standard InChI is InChI=1S/C9H9F3N2O2/c10-7-1-6(4-13-5-9(11)12)2-8(3-7)14(15)16/h1-3,9,13H,4-5H2. The lowest BCUT2D eigenvalue weighted by molar-refractivity contribution is -0.385. The minimum atomic E-state index is -2.51. The first-order valence-corrected chi connectivity index (χ1v) is 4.42. The summed E-state index contributed by atoms with van der Waals surface area (Å²) in [5, 5.41) is 12.7. The first-order chi connectivity index (χ1) is 7.49. The van der Waals surface area contributed by atoms with Crippen LogP contribution in [0.25, 0.3) is 0 Å². The van der Waals surface area contributed by atoms with Crippen molar-refractivity contribution in [3.63, 3.8) is 0 Å². The van der Waals surface area contributed by atoms with Gasteiger partial charge in [0.25, 0.3) is 12.1 Å². The van der Waals surface area contributed by atoms with Gasteiger partial charge in [0, 0.05) is 12.6 Å². The number of nitrogens with zero attached hydrogens (tertiary/aromatic N) is 1. The van der Waals surface area contributed by atoms with Crippen LogP contribution in [0, 0.1) is 15.9 Å². The molecule has 0 radical (unpaired) electrons. The third-order valence-electron chi connectivity index (χ3n) is 1.78. The van der Waals surface area contributed by atoms with Gasteiger partial charge in [0.15, 0.2) is 0 Å². The molecule has 0 saturated carbocycles. The Bertz CT molecular complexity index is 385. The third kappa shape index (κ3) is 3.85. The number of benzene rings is 1. The van der Waals surface area contributed by atoms with Gasteiger partial charge in [-0.25, -0.2) is 13.2 Å². The Balaban J connectivity index is 2.69. The number of rotatable bonds is 5. The van der Waals surface area contributed by atoms with E-state index in [9.17, 15) is 23.3 Å². The molecular formula is C9H9F3N2O2. The molecule has 0 bridgehead atoms. The monoisotopic (exact) mass is 234 g/mol. The second kappa shape index (κ2) is 5.45. The first-order valence-electron chi connectivity index (χ1n) is 4.42. The molecule has 0 aliphatic heterocycles. The van der Waals surface area contributed by atoms with Crippen molar-refractivity contribution in [1.29, 1.82) is 0 Å². The molecule has 16 heavy (non-hydrogen) atoms. The highest BCUT2D eigenvalue weighted by molar-refractivity contribution is 5.35. The SMILES string of the molecule is O=[N+]([O-])c1cc(F)cc(CNCC(F)F)c1. The van der Waals surface area contributed by atoms with Gasteiger partial charge in [-0.3, -0.25) is 10.1 Å². The van der Waals surface area contributed by atoms with Gasteiger partial charge in [-0.1, -0.05) is 0 Å². The number of non-ortho nitro benzene ring substituents is 1. The van der Waals surface area contributed by atoms with E-state index in [1.807, 2.05) is 0 Å². The van der Waals surface area contributed by atoms with Crippen LogP contribution in [-0.4, -0.2) is 17.9 Å². The largest absolute Gasteiger partial charge is 0.307 e. The zero-order valence-corrected chi connectivity index (χ0v) is 8.12. The van der Waals surface area contributed by atoms with Crippen LogP contribution in [0.3, 0.4) is 0 Å². The number of nitro groups is 1. The number of halogens is 3. The zero-order chi connectivity index (χ0) is 12.1. The zero-order valence-electron chi connectivity index (χ0n) is 8.12. The summed E-state index contributed by atoms with van der Waals surface area (Å²) < 4.78 is 36.5. The lowest BCUT2D eigenvalue weighted by Gasteiger charge is -2.04. The van der Waals surface area contributed by atoms with E-state index < -0.39 is 29.4 Å². The third-order valence-corrected chi connectivity index (χ3v) is 1.78. The molecule has 0 amide bonds. The van der Waals surface area contributed by atoms with Crippen molar-refractivity contribution < 1.29 is 18.1 Å². The van der Waals surface area contributed by atoms with Crippen LogP contribution in [-0.2, 0) is 6.54 Å². The second-order valence-corrected chi connectivity index (χ2v) is 3.10. The van der Waals surface area contributed by atoms with Crippen molar-refractivity contribution in [2.75, 3.05) is 6.54 Å². The van der Waals surface area contributed by atoms with E-state index in [0.29, 0.717) is 0 Å². The highest BCUT2D eigenvalue weighted by Gasteiger charge is 2.10. The van der Waals surface area contributed by atoms with Gasteiger partial charge in [-0.15, -0.1) is 0 Å². The van der Waals surface area contributed by atoms with Gasteiger partial charge in [0.2, 0.25) is 0 Å². The molecule has 1 rings (SSSR count). The first kappa shape index (κ1) is 12.4. The summed E-state index contributed by atoms with van der Waals surface area (Å²) in [6.07, 6.45) is -2.51. The van der Waals surface area contributed by atoms with Gasteiger partial charge in [-0.2, -0.15) is 0 Å². The van der Waals surface area contributed by atoms with Crippen molar-refractivity contribution in [3.05, 3.63) is 39.7 Å². The van der Waals surface area contributed by atoms with Crippen LogP contribution in [0.2, 0.25) is 0 Å². The predicted octanol–water partition coefficient (Wildman–Crippen LogP) is 2.09. The Morgan fingerprint density at radius 3 is 2.62 bits per heavy atom. The second-order valence-electron chi connectivity index (χ2n) is 3.10. The van der Waals surface area contributed by atoms with Crippen LogP contribution < -0.4 is 5.32 Å². The summed E-state index contributed by atoms with van der Waals surface area (Å²) in [5.74, 6) is -0.761. The predicted molar refractivity (Wildman–Crippen MR) is 50.8 cm³/mol. The molecule has 1 aromatic rings. The Hall–Kier alpha value is -1.63. The topological polar surface area (TPSA) is 55.2 Å². The number of nitrogens with one attached hydrogen (secondary N) is 1. The smallest absolute Gasteiger partial charge is 0.272 e. The number of nitro benzene ring substituents is 1. The van der Waals surface area contributed by atoms with Gasteiger partial charge < -0.3 is 5.32 Å². The molecule has 4 nitrogen and oxygen atoms in total. The van der Waals surface area contributed by atoms with E-state index in [0.717, 1.165) is 18.2 Å². The Morgan fingerprint density at radius 2 is 2.06 bits per heavy atom. The van der Waals surface area contributed by atoms with Crippen LogP contribution in [0.4, 0.5) is 18.9 Å². The lowest BCUT2D eigenvalue weighted by Crippen LogP contribution is -2.20. The molecular weight excluding hydrogens is 225 g/mol. The fourth-order valence-corrected chi connectivity index (χ4v) is 1.17. The van der Waals surface area contributed by atoms with E-state index in [1.54, 1.807) is 0 Å². The average Bonchev–Trinajstić information content (AvgIpc) is 2.16. The van der Waals surface area contributed by atoms with Crippen LogP contribution >= 0.6 is 0 Å². The lowest BCUT2D eigenvalue weighted by atomic mass is 10.2. The highest BCUT2D eigenvalue weighted by atomic mass is 19.3. The molecule has 88 valence electrons. The van der Waals surface area contributed by atoms with Crippen molar-refractivity contribution in [2.45, 2.75) is 13.0 Å². The molecule has 0 unspecified atom stereocenters. The highest BCUT2D eigenvalue weighted by Crippen LogP contribution is 2.16. The maximum Gasteiger partial charge on any atom is 0.272 e. The quantitative estimate of drug-likeness (QED) is 0.626. The molecule has 7 heteroatoms.